The number of hydrogen-bond acceptors (Lipinski definition) is 8. The number of hydrogen-bond donors (Lipinski definition) is 2. The van der Waals surface area contributed by atoms with Gasteiger partial charge in [0.1, 0.15) is 11.6 Å². The first-order chi connectivity index (χ1) is 16.2. The summed E-state index contributed by atoms with van der Waals surface area (Å²) in [6, 6.07) is 9.45. The van der Waals surface area contributed by atoms with Gasteiger partial charge >= 0.3 is 6.03 Å². The van der Waals surface area contributed by atoms with Gasteiger partial charge in [-0.25, -0.2) is 19.7 Å². The molecule has 1 aromatic carbocycles. The van der Waals surface area contributed by atoms with Gasteiger partial charge < -0.3 is 14.9 Å². The van der Waals surface area contributed by atoms with E-state index < -0.39 is 0 Å². The molecular weight excluding hydrogens is 456 g/mol. The Kier molecular flexibility index (Phi) is 5.92. The molecular formula is C23H20N6O2S2. The van der Waals surface area contributed by atoms with Crippen LogP contribution in [-0.2, 0) is 0 Å². The summed E-state index contributed by atoms with van der Waals surface area (Å²) >= 11 is 2.91. The van der Waals surface area contributed by atoms with E-state index in [1.54, 1.807) is 21.6 Å². The Hall–Kier alpha value is -3.52. The summed E-state index contributed by atoms with van der Waals surface area (Å²) in [7, 11) is 0. The van der Waals surface area contributed by atoms with Gasteiger partial charge in [0.2, 0.25) is 0 Å². The number of amides is 2. The maximum atomic E-state index is 12.7. The third kappa shape index (κ3) is 4.26. The summed E-state index contributed by atoms with van der Waals surface area (Å²) in [6.07, 6.45) is 7.20. The molecule has 0 spiro atoms. The van der Waals surface area contributed by atoms with Crippen LogP contribution >= 0.6 is 22.7 Å². The highest BCUT2D eigenvalue weighted by molar-refractivity contribution is 7.17. The zero-order valence-electron chi connectivity index (χ0n) is 17.5. The van der Waals surface area contributed by atoms with Crippen molar-refractivity contribution in [3.63, 3.8) is 0 Å². The molecule has 1 aliphatic heterocycles. The molecule has 0 saturated carbocycles. The maximum Gasteiger partial charge on any atom is 0.323 e. The Morgan fingerprint density at radius 3 is 2.91 bits per heavy atom. The predicted molar refractivity (Wildman–Crippen MR) is 132 cm³/mol. The van der Waals surface area contributed by atoms with E-state index in [9.17, 15) is 9.90 Å². The molecule has 3 aromatic heterocycles. The Labute approximate surface area is 198 Å². The van der Waals surface area contributed by atoms with Crippen molar-refractivity contribution in [2.75, 3.05) is 36.5 Å². The van der Waals surface area contributed by atoms with Crippen molar-refractivity contribution in [1.82, 2.24) is 19.9 Å². The van der Waals surface area contributed by atoms with E-state index in [2.05, 4.69) is 43.2 Å². The molecule has 1 atom stereocenters. The molecule has 8 nitrogen and oxygen atoms in total. The van der Waals surface area contributed by atoms with Crippen molar-refractivity contribution in [1.29, 1.82) is 0 Å². The van der Waals surface area contributed by atoms with Crippen LogP contribution in [0.4, 0.5) is 16.4 Å². The lowest BCUT2D eigenvalue weighted by atomic mass is 10.1. The number of nitrogens with one attached hydrogen (secondary N) is 1. The van der Waals surface area contributed by atoms with Crippen LogP contribution < -0.4 is 10.2 Å². The third-order valence-electron chi connectivity index (χ3n) is 5.56. The van der Waals surface area contributed by atoms with Gasteiger partial charge in [0, 0.05) is 42.3 Å². The van der Waals surface area contributed by atoms with Gasteiger partial charge in [0.15, 0.2) is 5.01 Å². The molecule has 1 unspecified atom stereocenters. The monoisotopic (exact) mass is 476 g/mol. The van der Waals surface area contributed by atoms with Gasteiger partial charge in [-0.3, -0.25) is 5.32 Å². The smallest absolute Gasteiger partial charge is 0.323 e. The average Bonchev–Trinajstić information content (AvgIpc) is 3.53. The molecule has 2 N–H and O–H groups in total. The molecule has 4 heterocycles. The van der Waals surface area contributed by atoms with Crippen LogP contribution in [0, 0.1) is 12.3 Å². The summed E-state index contributed by atoms with van der Waals surface area (Å²) < 4.78 is 1.14. The number of rotatable bonds is 4. The van der Waals surface area contributed by atoms with Gasteiger partial charge in [-0.05, 0) is 24.1 Å². The van der Waals surface area contributed by atoms with E-state index in [4.69, 9.17) is 6.42 Å². The fourth-order valence-electron chi connectivity index (χ4n) is 3.91. The summed E-state index contributed by atoms with van der Waals surface area (Å²) in [5.74, 6) is 3.69. The number of carbonyl (C=O) groups excluding carboxylic acids is 1. The van der Waals surface area contributed by atoms with Gasteiger partial charge in [0.25, 0.3) is 0 Å². The van der Waals surface area contributed by atoms with E-state index in [1.807, 2.05) is 29.9 Å². The van der Waals surface area contributed by atoms with Gasteiger partial charge in [-0.15, -0.1) is 29.1 Å². The Morgan fingerprint density at radius 2 is 2.15 bits per heavy atom. The zero-order chi connectivity index (χ0) is 22.8. The van der Waals surface area contributed by atoms with Crippen LogP contribution in [0.2, 0.25) is 0 Å². The number of carbonyl (C=O) groups is 1. The second-order valence-corrected chi connectivity index (χ2v) is 9.21. The molecule has 166 valence electrons. The molecule has 2 amide bonds. The highest BCUT2D eigenvalue weighted by Gasteiger charge is 2.31. The van der Waals surface area contributed by atoms with Gasteiger partial charge in [-0.1, -0.05) is 12.1 Å². The van der Waals surface area contributed by atoms with Crippen LogP contribution in [0.1, 0.15) is 5.01 Å². The van der Waals surface area contributed by atoms with E-state index in [-0.39, 0.29) is 18.7 Å². The second-order valence-electron chi connectivity index (χ2n) is 7.50. The minimum atomic E-state index is -0.364. The van der Waals surface area contributed by atoms with Crippen LogP contribution in [-0.4, -0.2) is 63.3 Å². The van der Waals surface area contributed by atoms with Crippen LogP contribution in [0.3, 0.4) is 0 Å². The number of nitrogens with zero attached hydrogens (tertiary/aromatic N) is 5. The molecule has 0 radical (unpaired) electrons. The standard InChI is InChI=1S/C23H20N6O2S2/c1-2-21-26-19(13-32-21)27-23(31)29-9-8-28(11-16(29)12-30)20-7-6-15(10-24-20)17-4-3-5-18-22(17)33-14-25-18/h1,3-7,10,13-14,16,30H,8-9,11-12H2,(H,27,31). The van der Waals surface area contributed by atoms with E-state index in [0.29, 0.717) is 30.5 Å². The minimum absolute atomic E-state index is 0.151. The predicted octanol–water partition coefficient (Wildman–Crippen LogP) is 3.51. The summed E-state index contributed by atoms with van der Waals surface area (Å²) in [5, 5.41) is 14.9. The molecule has 1 aliphatic rings. The van der Waals surface area contributed by atoms with Crippen molar-refractivity contribution in [3.8, 4) is 23.5 Å². The average molecular weight is 477 g/mol. The summed E-state index contributed by atoms with van der Waals surface area (Å²) in [5.41, 5.74) is 4.97. The number of thiazole rings is 2. The van der Waals surface area contributed by atoms with Gasteiger partial charge in [-0.2, -0.15) is 0 Å². The Morgan fingerprint density at radius 1 is 1.24 bits per heavy atom. The summed E-state index contributed by atoms with van der Waals surface area (Å²) in [4.78, 5) is 29.7. The lowest BCUT2D eigenvalue weighted by molar-refractivity contribution is 0.132. The number of aliphatic hydroxyl groups excluding tert-OH is 1. The molecule has 1 fully saturated rings. The largest absolute Gasteiger partial charge is 0.394 e. The number of piperazine rings is 1. The number of aliphatic hydroxyl groups is 1. The maximum absolute atomic E-state index is 12.7. The molecule has 1 saturated heterocycles. The van der Waals surface area contributed by atoms with Crippen LogP contribution in [0.15, 0.2) is 47.4 Å². The van der Waals surface area contributed by atoms with Crippen LogP contribution in [0.25, 0.3) is 21.3 Å². The highest BCUT2D eigenvalue weighted by atomic mass is 32.1. The van der Waals surface area contributed by atoms with Crippen LogP contribution in [0.5, 0.6) is 0 Å². The fraction of sp³-hybridized carbons (Fsp3) is 0.217. The second kappa shape index (κ2) is 9.15. The first-order valence-corrected chi connectivity index (χ1v) is 12.1. The lowest BCUT2D eigenvalue weighted by Gasteiger charge is -2.41. The molecule has 10 heteroatoms. The van der Waals surface area contributed by atoms with Crippen molar-refractivity contribution < 1.29 is 9.90 Å². The Bertz CT molecular complexity index is 1330. The first-order valence-electron chi connectivity index (χ1n) is 10.3. The normalized spacial score (nSPS) is 16.1. The number of urea groups is 1. The molecule has 4 aromatic rings. The fourth-order valence-corrected chi connectivity index (χ4v) is 5.29. The quantitative estimate of drug-likeness (QED) is 0.438. The van der Waals surface area contributed by atoms with E-state index >= 15 is 0 Å². The number of benzene rings is 1. The van der Waals surface area contributed by atoms with Crippen molar-refractivity contribution in [3.05, 3.63) is 52.4 Å². The topological polar surface area (TPSA) is 94.5 Å². The number of pyridine rings is 1. The van der Waals surface area contributed by atoms with Gasteiger partial charge in [0.05, 0.1) is 28.4 Å². The van der Waals surface area contributed by atoms with E-state index in [0.717, 1.165) is 27.2 Å². The zero-order valence-corrected chi connectivity index (χ0v) is 19.1. The molecule has 0 bridgehead atoms. The lowest BCUT2D eigenvalue weighted by Crippen LogP contribution is -2.58. The van der Waals surface area contributed by atoms with E-state index in [1.165, 1.54) is 11.3 Å². The van der Waals surface area contributed by atoms with Crippen molar-refractivity contribution >= 4 is 50.6 Å². The SMILES string of the molecule is C#Cc1nc(NC(=O)N2CCN(c3ccc(-c4cccc5ncsc45)cn3)CC2CO)cs1. The first kappa shape index (κ1) is 21.3. The number of terminal acetylenes is 1. The van der Waals surface area contributed by atoms with Crippen molar-refractivity contribution in [2.24, 2.45) is 0 Å². The molecule has 0 aliphatic carbocycles. The molecule has 5 rings (SSSR count). The van der Waals surface area contributed by atoms with Crippen molar-refractivity contribution in [2.45, 2.75) is 6.04 Å². The minimum Gasteiger partial charge on any atom is -0.394 e. The number of aromatic nitrogens is 3. The third-order valence-corrected chi connectivity index (χ3v) is 7.21. The Balaban J connectivity index is 1.28. The highest BCUT2D eigenvalue weighted by Crippen LogP contribution is 2.31. The number of fused-ring (bicyclic) bond motifs is 1. The number of anilines is 2. The molecule has 33 heavy (non-hydrogen) atoms. The summed E-state index contributed by atoms with van der Waals surface area (Å²) in [6.45, 7) is 1.38.